The average Bonchev–Trinajstić information content (AvgIpc) is 2.43. The maximum Gasteiger partial charge on any atom is 0.596 e. The van der Waals surface area contributed by atoms with E-state index >= 15 is 0 Å². The molecule has 0 aliphatic rings. The lowest BCUT2D eigenvalue weighted by Crippen LogP contribution is -2.38. The number of nitrogens with two attached hydrogens (primary N) is 1. The molecule has 0 spiro atoms. The highest BCUT2D eigenvalue weighted by Gasteiger charge is 2.37. The van der Waals surface area contributed by atoms with Crippen LogP contribution in [-0.4, -0.2) is 30.5 Å². The Hall–Kier alpha value is -1.94. The molecule has 0 atom stereocenters. The Labute approximate surface area is 120 Å². The van der Waals surface area contributed by atoms with Crippen LogP contribution in [0.5, 0.6) is 0 Å². The molecule has 0 aliphatic heterocycles. The Bertz CT molecular complexity index is 533. The molecule has 0 saturated heterocycles. The summed E-state index contributed by atoms with van der Waals surface area (Å²) in [4.78, 5) is 11.9. The highest BCUT2D eigenvalue weighted by molar-refractivity contribution is 5.63. The zero-order valence-electron chi connectivity index (χ0n) is 12.5. The van der Waals surface area contributed by atoms with Crippen LogP contribution in [0.1, 0.15) is 31.9 Å². The Morgan fingerprint density at radius 2 is 2.10 bits per heavy atom. The van der Waals surface area contributed by atoms with E-state index in [1.54, 1.807) is 0 Å². The standard InChI is InChI=1S/C16H23N2O2/c1-12(2)13-7-6-8-14(11-13)16(3,4)18(5)15(19)20-10-9-17/h6-8,11H,1,5,9-10,17H2,2-4H3/q+1. The van der Waals surface area contributed by atoms with Crippen LogP contribution in [0.3, 0.4) is 0 Å². The highest BCUT2D eigenvalue weighted by atomic mass is 16.5. The predicted octanol–water partition coefficient (Wildman–Crippen LogP) is 2.76. The fraction of sp³-hybridized carbons (Fsp3) is 0.375. The lowest BCUT2D eigenvalue weighted by molar-refractivity contribution is -0.527. The van der Waals surface area contributed by atoms with Gasteiger partial charge in [0.15, 0.2) is 5.54 Å². The van der Waals surface area contributed by atoms with E-state index in [4.69, 9.17) is 10.5 Å². The minimum absolute atomic E-state index is 0.187. The zero-order chi connectivity index (χ0) is 15.3. The van der Waals surface area contributed by atoms with Crippen molar-refractivity contribution in [3.05, 3.63) is 42.0 Å². The van der Waals surface area contributed by atoms with E-state index in [9.17, 15) is 4.79 Å². The summed E-state index contributed by atoms with van der Waals surface area (Å²) in [6.45, 7) is 14.0. The Balaban J connectivity index is 3.03. The average molecular weight is 275 g/mol. The Morgan fingerprint density at radius 1 is 1.45 bits per heavy atom. The van der Waals surface area contributed by atoms with Crippen LogP contribution >= 0.6 is 0 Å². The first kappa shape index (κ1) is 16.1. The third kappa shape index (κ3) is 3.54. The van der Waals surface area contributed by atoms with Crippen LogP contribution < -0.4 is 5.73 Å². The molecule has 0 fully saturated rings. The SMILES string of the molecule is C=C(C)c1cccc(C(C)(C)[N+](=C)C(=O)OCCN)c1. The minimum atomic E-state index is -0.586. The van der Waals surface area contributed by atoms with E-state index in [0.717, 1.165) is 16.7 Å². The molecule has 0 aliphatic carbocycles. The van der Waals surface area contributed by atoms with Gasteiger partial charge in [-0.05, 0) is 18.6 Å². The second-order valence-electron chi connectivity index (χ2n) is 5.25. The molecule has 1 amide bonds. The van der Waals surface area contributed by atoms with Crippen LogP contribution in [0, 0.1) is 0 Å². The van der Waals surface area contributed by atoms with E-state index < -0.39 is 11.6 Å². The first-order valence-corrected chi connectivity index (χ1v) is 6.54. The van der Waals surface area contributed by atoms with Gasteiger partial charge in [-0.3, -0.25) is 0 Å². The summed E-state index contributed by atoms with van der Waals surface area (Å²) in [5.74, 6) is 0. The molecule has 4 heteroatoms. The Morgan fingerprint density at radius 3 is 2.65 bits per heavy atom. The van der Waals surface area contributed by atoms with E-state index in [2.05, 4.69) is 13.3 Å². The van der Waals surface area contributed by atoms with Crippen LogP contribution in [-0.2, 0) is 10.3 Å². The van der Waals surface area contributed by atoms with E-state index in [1.807, 2.05) is 45.0 Å². The molecule has 4 nitrogen and oxygen atoms in total. The molecule has 20 heavy (non-hydrogen) atoms. The van der Waals surface area contributed by atoms with Gasteiger partial charge in [0.05, 0.1) is 0 Å². The van der Waals surface area contributed by atoms with Crippen LogP contribution in [0.15, 0.2) is 30.8 Å². The van der Waals surface area contributed by atoms with Gasteiger partial charge < -0.3 is 10.5 Å². The fourth-order valence-electron chi connectivity index (χ4n) is 1.77. The fourth-order valence-corrected chi connectivity index (χ4v) is 1.77. The van der Waals surface area contributed by atoms with E-state index in [1.165, 1.54) is 4.58 Å². The lowest BCUT2D eigenvalue weighted by Gasteiger charge is -2.21. The smallest absolute Gasteiger partial charge is 0.411 e. The summed E-state index contributed by atoms with van der Waals surface area (Å²) < 4.78 is 6.35. The number of nitrogens with zero attached hydrogens (tertiary/aromatic N) is 1. The van der Waals surface area contributed by atoms with E-state index in [-0.39, 0.29) is 6.61 Å². The van der Waals surface area contributed by atoms with Crippen molar-refractivity contribution in [2.24, 2.45) is 5.73 Å². The van der Waals surface area contributed by atoms with Crippen molar-refractivity contribution < 1.29 is 14.1 Å². The van der Waals surface area contributed by atoms with Crippen molar-refractivity contribution in [3.8, 4) is 0 Å². The summed E-state index contributed by atoms with van der Waals surface area (Å²) in [5, 5.41) is 0. The number of ether oxygens (including phenoxy) is 1. The molecule has 0 aromatic heterocycles. The van der Waals surface area contributed by atoms with Gasteiger partial charge in [0.2, 0.25) is 0 Å². The number of hydrogen-bond acceptors (Lipinski definition) is 3. The van der Waals surface area contributed by atoms with Gasteiger partial charge in [-0.25, -0.2) is 0 Å². The number of carbonyl (C=O) groups is 1. The summed E-state index contributed by atoms with van der Waals surface area (Å²) in [6.07, 6.45) is -0.485. The van der Waals surface area contributed by atoms with Crippen molar-refractivity contribution in [2.75, 3.05) is 13.2 Å². The molecule has 1 aromatic carbocycles. The first-order chi connectivity index (χ1) is 9.30. The number of amides is 1. The normalized spacial score (nSPS) is 11.0. The van der Waals surface area contributed by atoms with Crippen molar-refractivity contribution in [1.29, 1.82) is 0 Å². The molecule has 0 bridgehead atoms. The quantitative estimate of drug-likeness (QED) is 0.664. The molecule has 1 rings (SSSR count). The molecule has 1 aromatic rings. The van der Waals surface area contributed by atoms with Gasteiger partial charge in [-0.2, -0.15) is 4.79 Å². The molecular formula is C16H23N2O2+. The molecule has 0 radical (unpaired) electrons. The maximum absolute atomic E-state index is 11.9. The number of hydrogen-bond donors (Lipinski definition) is 1. The predicted molar refractivity (Wildman–Crippen MR) is 82.0 cm³/mol. The second kappa shape index (κ2) is 6.48. The van der Waals surface area contributed by atoms with Gasteiger partial charge in [-0.15, -0.1) is 4.58 Å². The first-order valence-electron chi connectivity index (χ1n) is 6.54. The van der Waals surface area contributed by atoms with Gasteiger partial charge in [0.1, 0.15) is 13.3 Å². The van der Waals surface area contributed by atoms with Crippen molar-refractivity contribution >= 4 is 18.4 Å². The van der Waals surface area contributed by atoms with Crippen molar-refractivity contribution in [2.45, 2.75) is 26.3 Å². The third-order valence-electron chi connectivity index (χ3n) is 3.30. The van der Waals surface area contributed by atoms with Gasteiger partial charge in [0.25, 0.3) is 0 Å². The van der Waals surface area contributed by atoms with Crippen LogP contribution in [0.25, 0.3) is 5.57 Å². The van der Waals surface area contributed by atoms with Crippen molar-refractivity contribution in [3.63, 3.8) is 0 Å². The second-order valence-corrected chi connectivity index (χ2v) is 5.25. The highest BCUT2D eigenvalue weighted by Crippen LogP contribution is 2.26. The monoisotopic (exact) mass is 275 g/mol. The van der Waals surface area contributed by atoms with Gasteiger partial charge in [-0.1, -0.05) is 30.4 Å². The number of allylic oxidation sites excluding steroid dienone is 1. The number of rotatable bonds is 5. The maximum atomic E-state index is 11.9. The summed E-state index contributed by atoms with van der Waals surface area (Å²) in [7, 11) is 0. The summed E-state index contributed by atoms with van der Waals surface area (Å²) in [5.41, 5.74) is 7.73. The number of benzene rings is 1. The zero-order valence-corrected chi connectivity index (χ0v) is 12.5. The van der Waals surface area contributed by atoms with Crippen LogP contribution in [0.2, 0.25) is 0 Å². The molecule has 0 unspecified atom stereocenters. The summed E-state index contributed by atoms with van der Waals surface area (Å²) in [6, 6.07) is 7.90. The largest absolute Gasteiger partial charge is 0.596 e. The lowest BCUT2D eigenvalue weighted by atomic mass is 9.91. The molecular weight excluding hydrogens is 252 g/mol. The number of carbonyl (C=O) groups excluding carboxylic acids is 1. The minimum Gasteiger partial charge on any atom is -0.411 e. The van der Waals surface area contributed by atoms with Crippen LogP contribution in [0.4, 0.5) is 4.79 Å². The molecule has 108 valence electrons. The Kier molecular flexibility index (Phi) is 5.22. The van der Waals surface area contributed by atoms with Gasteiger partial charge in [0, 0.05) is 26.0 Å². The molecule has 0 saturated carbocycles. The molecule has 2 N–H and O–H groups in total. The topological polar surface area (TPSA) is 55.3 Å². The van der Waals surface area contributed by atoms with E-state index in [0.29, 0.717) is 6.54 Å². The summed E-state index contributed by atoms with van der Waals surface area (Å²) >= 11 is 0. The third-order valence-corrected chi connectivity index (χ3v) is 3.30. The van der Waals surface area contributed by atoms with Gasteiger partial charge >= 0.3 is 6.09 Å². The van der Waals surface area contributed by atoms with Crippen molar-refractivity contribution in [1.82, 2.24) is 0 Å². The molecule has 0 heterocycles.